The summed E-state index contributed by atoms with van der Waals surface area (Å²) in [6.07, 6.45) is 0. The molecule has 0 spiro atoms. The number of benzene rings is 1. The first kappa shape index (κ1) is 10.5. The van der Waals surface area contributed by atoms with Crippen molar-refractivity contribution in [2.45, 2.75) is 0 Å². The zero-order valence-corrected chi connectivity index (χ0v) is 9.54. The Labute approximate surface area is 104 Å². The molecule has 5 nitrogen and oxygen atoms in total. The van der Waals surface area contributed by atoms with Gasteiger partial charge in [-0.05, 0) is 12.1 Å². The smallest absolute Gasteiger partial charge is 0.224 e. The van der Waals surface area contributed by atoms with E-state index in [-0.39, 0.29) is 5.95 Å². The zero-order chi connectivity index (χ0) is 12.5. The van der Waals surface area contributed by atoms with Crippen LogP contribution in [0.5, 0.6) is 0 Å². The quantitative estimate of drug-likeness (QED) is 0.674. The van der Waals surface area contributed by atoms with Gasteiger partial charge in [-0.3, -0.25) is 0 Å². The summed E-state index contributed by atoms with van der Waals surface area (Å²) in [4.78, 5) is 12.5. The Morgan fingerprint density at radius 3 is 2.33 bits per heavy atom. The van der Waals surface area contributed by atoms with Crippen LogP contribution in [0.1, 0.15) is 0 Å². The molecule has 0 unspecified atom stereocenters. The maximum Gasteiger partial charge on any atom is 0.224 e. The molecule has 0 saturated carbocycles. The number of nitrogens with zero attached hydrogens (tertiary/aromatic N) is 3. The van der Waals surface area contributed by atoms with Crippen LogP contribution in [0.4, 0.5) is 11.8 Å². The van der Waals surface area contributed by atoms with Crippen molar-refractivity contribution in [3.05, 3.63) is 42.5 Å². The van der Waals surface area contributed by atoms with Crippen molar-refractivity contribution in [3.63, 3.8) is 0 Å². The van der Waals surface area contributed by atoms with Gasteiger partial charge in [-0.15, -0.1) is 0 Å². The van der Waals surface area contributed by atoms with Gasteiger partial charge in [0, 0.05) is 5.56 Å². The van der Waals surface area contributed by atoms with Crippen molar-refractivity contribution in [2.75, 3.05) is 11.5 Å². The molecule has 88 valence electrons. The standard InChI is InChI=1S/C13H11N5/c14-11-9-6-7-10(8-4-2-1-3-5-8)16-12(9)18-13(15)17-11/h1-7H,(H4,14,15,16,17,18). The fraction of sp³-hybridized carbons (Fsp3) is 0. The highest BCUT2D eigenvalue weighted by Gasteiger charge is 2.06. The van der Waals surface area contributed by atoms with E-state index in [2.05, 4.69) is 15.0 Å². The van der Waals surface area contributed by atoms with Crippen LogP contribution in [0.2, 0.25) is 0 Å². The lowest BCUT2D eigenvalue weighted by Gasteiger charge is -2.04. The summed E-state index contributed by atoms with van der Waals surface area (Å²) in [5.41, 5.74) is 13.7. The average Bonchev–Trinajstić information content (AvgIpc) is 2.39. The Morgan fingerprint density at radius 2 is 1.56 bits per heavy atom. The number of fused-ring (bicyclic) bond motifs is 1. The molecule has 3 rings (SSSR count). The molecule has 0 aliphatic rings. The van der Waals surface area contributed by atoms with Gasteiger partial charge >= 0.3 is 0 Å². The zero-order valence-electron chi connectivity index (χ0n) is 9.54. The van der Waals surface area contributed by atoms with E-state index in [0.717, 1.165) is 11.3 Å². The molecule has 0 atom stereocenters. The van der Waals surface area contributed by atoms with Crippen LogP contribution in [-0.4, -0.2) is 15.0 Å². The number of hydrogen-bond acceptors (Lipinski definition) is 5. The molecule has 5 heteroatoms. The topological polar surface area (TPSA) is 90.7 Å². The molecule has 0 radical (unpaired) electrons. The van der Waals surface area contributed by atoms with Crippen LogP contribution in [0, 0.1) is 0 Å². The number of rotatable bonds is 1. The van der Waals surface area contributed by atoms with E-state index < -0.39 is 0 Å². The van der Waals surface area contributed by atoms with E-state index in [0.29, 0.717) is 16.9 Å². The molecular formula is C13H11N5. The van der Waals surface area contributed by atoms with Crippen LogP contribution in [-0.2, 0) is 0 Å². The summed E-state index contributed by atoms with van der Waals surface area (Å²) in [7, 11) is 0. The molecule has 2 heterocycles. The second-order valence-electron chi connectivity index (χ2n) is 3.90. The molecule has 0 fully saturated rings. The minimum atomic E-state index is 0.137. The lowest BCUT2D eigenvalue weighted by atomic mass is 10.1. The summed E-state index contributed by atoms with van der Waals surface area (Å²) in [5.74, 6) is 0.488. The van der Waals surface area contributed by atoms with Gasteiger partial charge in [-0.25, -0.2) is 4.98 Å². The molecule has 0 aliphatic carbocycles. The highest BCUT2D eigenvalue weighted by atomic mass is 15.1. The van der Waals surface area contributed by atoms with Crippen molar-refractivity contribution in [2.24, 2.45) is 0 Å². The molecule has 0 amide bonds. The molecule has 0 bridgehead atoms. The average molecular weight is 237 g/mol. The van der Waals surface area contributed by atoms with Gasteiger partial charge in [0.15, 0.2) is 5.65 Å². The monoisotopic (exact) mass is 237 g/mol. The lowest BCUT2D eigenvalue weighted by Crippen LogP contribution is -2.01. The van der Waals surface area contributed by atoms with Crippen LogP contribution in [0.15, 0.2) is 42.5 Å². The van der Waals surface area contributed by atoms with Gasteiger partial charge in [-0.2, -0.15) is 9.97 Å². The summed E-state index contributed by atoms with van der Waals surface area (Å²) < 4.78 is 0. The van der Waals surface area contributed by atoms with E-state index >= 15 is 0 Å². The van der Waals surface area contributed by atoms with Crippen LogP contribution < -0.4 is 11.5 Å². The van der Waals surface area contributed by atoms with E-state index in [9.17, 15) is 0 Å². The molecule has 1 aromatic carbocycles. The summed E-state index contributed by atoms with van der Waals surface area (Å²) in [5, 5.41) is 0.712. The van der Waals surface area contributed by atoms with E-state index in [1.807, 2.05) is 42.5 Å². The number of nitrogen functional groups attached to an aromatic ring is 2. The van der Waals surface area contributed by atoms with Crippen LogP contribution >= 0.6 is 0 Å². The Morgan fingerprint density at radius 1 is 0.778 bits per heavy atom. The normalized spacial score (nSPS) is 10.7. The fourth-order valence-electron chi connectivity index (χ4n) is 1.82. The van der Waals surface area contributed by atoms with Crippen molar-refractivity contribution in [3.8, 4) is 11.3 Å². The van der Waals surface area contributed by atoms with Crippen molar-refractivity contribution in [1.82, 2.24) is 15.0 Å². The Hall–Kier alpha value is -2.69. The number of anilines is 2. The molecule has 2 aromatic heterocycles. The first-order chi connectivity index (χ1) is 8.74. The lowest BCUT2D eigenvalue weighted by molar-refractivity contribution is 1.20. The second-order valence-corrected chi connectivity index (χ2v) is 3.90. The fourth-order valence-corrected chi connectivity index (χ4v) is 1.82. The third-order valence-electron chi connectivity index (χ3n) is 2.68. The molecule has 0 aliphatic heterocycles. The number of nitrogens with two attached hydrogens (primary N) is 2. The van der Waals surface area contributed by atoms with Crippen molar-refractivity contribution >= 4 is 22.8 Å². The van der Waals surface area contributed by atoms with Gasteiger partial charge in [0.25, 0.3) is 0 Å². The van der Waals surface area contributed by atoms with Crippen molar-refractivity contribution < 1.29 is 0 Å². The van der Waals surface area contributed by atoms with Gasteiger partial charge in [-0.1, -0.05) is 30.3 Å². The summed E-state index contributed by atoms with van der Waals surface area (Å²) in [6.45, 7) is 0. The molecular weight excluding hydrogens is 226 g/mol. The SMILES string of the molecule is Nc1nc(N)c2ccc(-c3ccccc3)nc2n1. The molecule has 4 N–H and O–H groups in total. The van der Waals surface area contributed by atoms with Gasteiger partial charge in [0.05, 0.1) is 11.1 Å². The maximum atomic E-state index is 5.77. The Bertz CT molecular complexity index is 709. The Balaban J connectivity index is 2.23. The first-order valence-corrected chi connectivity index (χ1v) is 5.49. The largest absolute Gasteiger partial charge is 0.383 e. The minimum Gasteiger partial charge on any atom is -0.383 e. The van der Waals surface area contributed by atoms with E-state index in [4.69, 9.17) is 11.5 Å². The van der Waals surface area contributed by atoms with Crippen molar-refractivity contribution in [1.29, 1.82) is 0 Å². The molecule has 18 heavy (non-hydrogen) atoms. The molecule has 3 aromatic rings. The minimum absolute atomic E-state index is 0.137. The first-order valence-electron chi connectivity index (χ1n) is 5.49. The summed E-state index contributed by atoms with van der Waals surface area (Å²) in [6, 6.07) is 13.6. The summed E-state index contributed by atoms with van der Waals surface area (Å²) >= 11 is 0. The van der Waals surface area contributed by atoms with Crippen LogP contribution in [0.3, 0.4) is 0 Å². The van der Waals surface area contributed by atoms with Gasteiger partial charge in [0.1, 0.15) is 5.82 Å². The van der Waals surface area contributed by atoms with Crippen LogP contribution in [0.25, 0.3) is 22.3 Å². The second kappa shape index (κ2) is 3.96. The third-order valence-corrected chi connectivity index (χ3v) is 2.68. The predicted molar refractivity (Wildman–Crippen MR) is 71.6 cm³/mol. The maximum absolute atomic E-state index is 5.77. The number of hydrogen-bond donors (Lipinski definition) is 2. The van der Waals surface area contributed by atoms with Gasteiger partial charge in [0.2, 0.25) is 5.95 Å². The molecule has 0 saturated heterocycles. The predicted octanol–water partition coefficient (Wildman–Crippen LogP) is 1.86. The highest BCUT2D eigenvalue weighted by Crippen LogP contribution is 2.22. The van der Waals surface area contributed by atoms with E-state index in [1.54, 1.807) is 0 Å². The highest BCUT2D eigenvalue weighted by molar-refractivity contribution is 5.87. The van der Waals surface area contributed by atoms with E-state index in [1.165, 1.54) is 0 Å². The number of aromatic nitrogens is 3. The number of pyridine rings is 1. The third kappa shape index (κ3) is 1.71. The van der Waals surface area contributed by atoms with Gasteiger partial charge < -0.3 is 11.5 Å². The Kier molecular flexibility index (Phi) is 2.30.